The largest absolute Gasteiger partial charge is 0.495 e. The van der Waals surface area contributed by atoms with E-state index in [1.54, 1.807) is 13.0 Å². The molecule has 1 unspecified atom stereocenters. The Labute approximate surface area is 205 Å². The maximum absolute atomic E-state index is 13.2. The molecule has 1 aliphatic rings. The predicted molar refractivity (Wildman–Crippen MR) is 130 cm³/mol. The number of hydrogen-bond acceptors (Lipinski definition) is 6. The Morgan fingerprint density at radius 2 is 1.79 bits per heavy atom. The van der Waals surface area contributed by atoms with E-state index in [9.17, 15) is 21.6 Å². The van der Waals surface area contributed by atoms with Crippen LogP contribution < -0.4 is 10.1 Å². The number of ether oxygens (including phenoxy) is 1. The van der Waals surface area contributed by atoms with Gasteiger partial charge in [0.2, 0.25) is 26.0 Å². The van der Waals surface area contributed by atoms with Crippen molar-refractivity contribution in [2.24, 2.45) is 5.92 Å². The van der Waals surface area contributed by atoms with Crippen LogP contribution in [0.5, 0.6) is 5.75 Å². The molecule has 34 heavy (non-hydrogen) atoms. The highest BCUT2D eigenvalue weighted by Gasteiger charge is 2.34. The zero-order valence-corrected chi connectivity index (χ0v) is 21.8. The molecule has 0 saturated carbocycles. The van der Waals surface area contributed by atoms with Crippen LogP contribution in [-0.2, 0) is 24.8 Å². The van der Waals surface area contributed by atoms with Gasteiger partial charge in [0.05, 0.1) is 27.8 Å². The van der Waals surface area contributed by atoms with E-state index in [4.69, 9.17) is 16.3 Å². The summed E-state index contributed by atoms with van der Waals surface area (Å²) in [7, 11) is -3.23. The number of carbonyl (C=O) groups is 1. The van der Waals surface area contributed by atoms with Crippen molar-refractivity contribution in [2.75, 3.05) is 39.6 Å². The molecule has 1 saturated heterocycles. The van der Waals surface area contributed by atoms with Crippen molar-refractivity contribution in [3.63, 3.8) is 0 Å². The van der Waals surface area contributed by atoms with E-state index in [-0.39, 0.29) is 33.8 Å². The predicted octanol–water partition coefficient (Wildman–Crippen LogP) is 2.95. The normalized spacial score (nSPS) is 17.5. The first-order valence-corrected chi connectivity index (χ1v) is 13.8. The van der Waals surface area contributed by atoms with Crippen molar-refractivity contribution in [2.45, 2.75) is 29.6 Å². The molecule has 0 bridgehead atoms. The zero-order chi connectivity index (χ0) is 25.3. The first-order chi connectivity index (χ1) is 15.9. The Kier molecular flexibility index (Phi) is 7.93. The second-order valence-corrected chi connectivity index (χ2v) is 12.7. The fraction of sp³-hybridized carbons (Fsp3) is 0.409. The topological polar surface area (TPSA) is 113 Å². The number of benzene rings is 2. The lowest BCUT2D eigenvalue weighted by Gasteiger charge is -2.31. The van der Waals surface area contributed by atoms with E-state index in [2.05, 4.69) is 5.32 Å². The lowest BCUT2D eigenvalue weighted by Crippen LogP contribution is -2.43. The highest BCUT2D eigenvalue weighted by atomic mass is 35.5. The van der Waals surface area contributed by atoms with Gasteiger partial charge in [0.15, 0.2) is 0 Å². The summed E-state index contributed by atoms with van der Waals surface area (Å²) in [6.07, 6.45) is 1.02. The van der Waals surface area contributed by atoms with E-state index < -0.39 is 26.0 Å². The van der Waals surface area contributed by atoms with Crippen molar-refractivity contribution >= 4 is 43.2 Å². The molecule has 1 heterocycles. The van der Waals surface area contributed by atoms with Crippen LogP contribution in [0.15, 0.2) is 46.2 Å². The number of methoxy groups -OCH3 is 1. The van der Waals surface area contributed by atoms with Gasteiger partial charge in [-0.3, -0.25) is 4.79 Å². The maximum Gasteiger partial charge on any atom is 0.243 e. The molecule has 0 radical (unpaired) electrons. The van der Waals surface area contributed by atoms with Gasteiger partial charge in [-0.2, -0.15) is 4.31 Å². The van der Waals surface area contributed by atoms with Gasteiger partial charge >= 0.3 is 0 Å². The molecule has 1 amide bonds. The van der Waals surface area contributed by atoms with Crippen molar-refractivity contribution in [1.82, 2.24) is 8.61 Å². The SMILES string of the molecule is COc1ccc(S(=O)(=O)N2CCCC(C(=O)Nc3cc(S(=O)(=O)N(C)C)ccc3C)C2)cc1Cl. The summed E-state index contributed by atoms with van der Waals surface area (Å²) in [4.78, 5) is 13.1. The van der Waals surface area contributed by atoms with Crippen LogP contribution in [0.25, 0.3) is 0 Å². The van der Waals surface area contributed by atoms with Crippen LogP contribution >= 0.6 is 11.6 Å². The lowest BCUT2D eigenvalue weighted by molar-refractivity contribution is -0.120. The first-order valence-electron chi connectivity index (χ1n) is 10.6. The minimum atomic E-state index is -3.86. The van der Waals surface area contributed by atoms with Gasteiger partial charge in [0.1, 0.15) is 5.75 Å². The molecule has 12 heteroatoms. The molecular formula is C22H28ClN3O6S2. The quantitative estimate of drug-likeness (QED) is 0.590. The Balaban J connectivity index is 1.79. The van der Waals surface area contributed by atoms with E-state index in [0.717, 1.165) is 4.31 Å². The Morgan fingerprint density at radius 3 is 2.41 bits per heavy atom. The number of nitrogens with zero attached hydrogens (tertiary/aromatic N) is 2. The molecule has 1 aliphatic heterocycles. The van der Waals surface area contributed by atoms with E-state index in [0.29, 0.717) is 29.8 Å². The number of amides is 1. The summed E-state index contributed by atoms with van der Waals surface area (Å²) in [6, 6.07) is 8.76. The summed E-state index contributed by atoms with van der Waals surface area (Å²) in [5, 5.41) is 2.96. The van der Waals surface area contributed by atoms with Crippen LogP contribution in [-0.4, -0.2) is 65.6 Å². The first kappa shape index (κ1) is 26.4. The van der Waals surface area contributed by atoms with Crippen LogP contribution in [0.4, 0.5) is 5.69 Å². The average molecular weight is 530 g/mol. The summed E-state index contributed by atoms with van der Waals surface area (Å²) in [6.45, 7) is 2.05. The second kappa shape index (κ2) is 10.2. The molecule has 2 aromatic carbocycles. The number of nitrogens with one attached hydrogen (secondary N) is 1. The van der Waals surface area contributed by atoms with Crippen molar-refractivity contribution in [3.8, 4) is 5.75 Å². The smallest absolute Gasteiger partial charge is 0.243 e. The zero-order valence-electron chi connectivity index (χ0n) is 19.4. The number of aryl methyl sites for hydroxylation is 1. The number of anilines is 1. The number of piperidine rings is 1. The van der Waals surface area contributed by atoms with Crippen LogP contribution in [0, 0.1) is 12.8 Å². The monoisotopic (exact) mass is 529 g/mol. The number of halogens is 1. The van der Waals surface area contributed by atoms with Crippen LogP contribution in [0.3, 0.4) is 0 Å². The molecule has 1 atom stereocenters. The number of carbonyl (C=O) groups excluding carboxylic acids is 1. The lowest BCUT2D eigenvalue weighted by atomic mass is 9.98. The van der Waals surface area contributed by atoms with Gasteiger partial charge in [-0.25, -0.2) is 21.1 Å². The molecule has 1 N–H and O–H groups in total. The third-order valence-electron chi connectivity index (χ3n) is 5.76. The average Bonchev–Trinajstić information content (AvgIpc) is 2.80. The van der Waals surface area contributed by atoms with Gasteiger partial charge in [0, 0.05) is 32.9 Å². The van der Waals surface area contributed by atoms with Crippen LogP contribution in [0.1, 0.15) is 18.4 Å². The van der Waals surface area contributed by atoms with Gasteiger partial charge in [0.25, 0.3) is 0 Å². The minimum absolute atomic E-state index is 0.00650. The van der Waals surface area contributed by atoms with Crippen molar-refractivity contribution < 1.29 is 26.4 Å². The summed E-state index contributed by atoms with van der Waals surface area (Å²) >= 11 is 6.11. The highest BCUT2D eigenvalue weighted by molar-refractivity contribution is 7.89. The molecule has 186 valence electrons. The molecule has 0 aliphatic carbocycles. The molecule has 2 aromatic rings. The van der Waals surface area contributed by atoms with E-state index >= 15 is 0 Å². The minimum Gasteiger partial charge on any atom is -0.495 e. The summed E-state index contributed by atoms with van der Waals surface area (Å²) < 4.78 is 58.7. The summed E-state index contributed by atoms with van der Waals surface area (Å²) in [5.41, 5.74) is 1.06. The van der Waals surface area contributed by atoms with Crippen molar-refractivity contribution in [3.05, 3.63) is 47.0 Å². The molecular weight excluding hydrogens is 502 g/mol. The third kappa shape index (κ3) is 5.38. The van der Waals surface area contributed by atoms with E-state index in [1.165, 1.54) is 55.8 Å². The van der Waals surface area contributed by atoms with Crippen LogP contribution in [0.2, 0.25) is 5.02 Å². The molecule has 3 rings (SSSR count). The molecule has 0 aromatic heterocycles. The Morgan fingerprint density at radius 1 is 1.12 bits per heavy atom. The maximum atomic E-state index is 13.2. The molecule has 1 fully saturated rings. The highest BCUT2D eigenvalue weighted by Crippen LogP contribution is 2.31. The number of hydrogen-bond donors (Lipinski definition) is 1. The fourth-order valence-electron chi connectivity index (χ4n) is 3.67. The van der Waals surface area contributed by atoms with Gasteiger partial charge in [-0.15, -0.1) is 0 Å². The Hall–Kier alpha value is -2.18. The van der Waals surface area contributed by atoms with Gasteiger partial charge in [-0.1, -0.05) is 17.7 Å². The van der Waals surface area contributed by atoms with Crippen molar-refractivity contribution in [1.29, 1.82) is 0 Å². The second-order valence-electron chi connectivity index (χ2n) is 8.25. The number of sulfonamides is 2. The van der Waals surface area contributed by atoms with E-state index in [1.807, 2.05) is 0 Å². The number of rotatable bonds is 7. The standard InChI is InChI=1S/C22H28ClN3O6S2/c1-15-7-8-18(33(28,29)25(2)3)13-20(15)24-22(27)16-6-5-11-26(14-16)34(30,31)17-9-10-21(32-4)19(23)12-17/h7-10,12-13,16H,5-6,11,14H2,1-4H3,(H,24,27). The third-order valence-corrected chi connectivity index (χ3v) is 9.73. The van der Waals surface area contributed by atoms with Gasteiger partial charge in [-0.05, 0) is 55.7 Å². The summed E-state index contributed by atoms with van der Waals surface area (Å²) in [5.74, 6) is -0.591. The molecule has 0 spiro atoms. The molecule has 9 nitrogen and oxygen atoms in total. The fourth-order valence-corrected chi connectivity index (χ4v) is 6.47. The Bertz CT molecular complexity index is 1300. The van der Waals surface area contributed by atoms with Gasteiger partial charge < -0.3 is 10.1 Å².